The summed E-state index contributed by atoms with van der Waals surface area (Å²) in [7, 11) is 2.04. The lowest BCUT2D eigenvalue weighted by Crippen LogP contribution is -2.21. The Hall–Kier alpha value is -2.80. The lowest BCUT2D eigenvalue weighted by atomic mass is 9.92. The molecule has 0 aliphatic rings. The van der Waals surface area contributed by atoms with Crippen molar-refractivity contribution in [3.8, 4) is 0 Å². The Bertz CT molecular complexity index is 1010. The quantitative estimate of drug-likeness (QED) is 0.392. The standard InChI is InChI=1S/C24H30N4O2S/c1-6-25-22(29)19-13-12-18(30-19)16-31-23-26-20(24(2,3)4)14-21(27-23)28(5)15-17-10-8-7-9-11-17/h7-14H,6,15-16H2,1-5H3,(H,25,29). The second-order valence-corrected chi connectivity index (χ2v) is 9.34. The van der Waals surface area contributed by atoms with Crippen molar-refractivity contribution in [3.63, 3.8) is 0 Å². The third-order valence-corrected chi connectivity index (χ3v) is 5.55. The number of anilines is 1. The van der Waals surface area contributed by atoms with Crippen LogP contribution in [-0.2, 0) is 17.7 Å². The van der Waals surface area contributed by atoms with Crippen molar-refractivity contribution < 1.29 is 9.21 Å². The Morgan fingerprint density at radius 3 is 2.55 bits per heavy atom. The van der Waals surface area contributed by atoms with Gasteiger partial charge in [-0.25, -0.2) is 9.97 Å². The highest BCUT2D eigenvalue weighted by Gasteiger charge is 2.20. The molecule has 164 valence electrons. The van der Waals surface area contributed by atoms with E-state index in [-0.39, 0.29) is 11.3 Å². The highest BCUT2D eigenvalue weighted by Crippen LogP contribution is 2.29. The second kappa shape index (κ2) is 10.0. The molecule has 2 aromatic heterocycles. The molecule has 0 saturated carbocycles. The van der Waals surface area contributed by atoms with E-state index in [1.165, 1.54) is 17.3 Å². The Morgan fingerprint density at radius 1 is 1.13 bits per heavy atom. The molecule has 2 heterocycles. The van der Waals surface area contributed by atoms with Crippen LogP contribution >= 0.6 is 11.8 Å². The van der Waals surface area contributed by atoms with Crippen LogP contribution in [0.4, 0.5) is 5.82 Å². The number of hydrogen-bond acceptors (Lipinski definition) is 6. The molecule has 0 spiro atoms. The zero-order chi connectivity index (χ0) is 22.4. The third kappa shape index (κ3) is 6.34. The van der Waals surface area contributed by atoms with Gasteiger partial charge in [-0.05, 0) is 24.6 Å². The van der Waals surface area contributed by atoms with Gasteiger partial charge in [-0.3, -0.25) is 4.79 Å². The number of amides is 1. The molecule has 0 radical (unpaired) electrons. The first-order chi connectivity index (χ1) is 14.8. The summed E-state index contributed by atoms with van der Waals surface area (Å²) in [6.45, 7) is 9.65. The number of rotatable bonds is 8. The molecule has 1 amide bonds. The van der Waals surface area contributed by atoms with Crippen molar-refractivity contribution in [1.29, 1.82) is 0 Å². The molecule has 3 rings (SSSR count). The fraction of sp³-hybridized carbons (Fsp3) is 0.375. The monoisotopic (exact) mass is 438 g/mol. The van der Waals surface area contributed by atoms with E-state index < -0.39 is 0 Å². The number of aromatic nitrogens is 2. The summed E-state index contributed by atoms with van der Waals surface area (Å²) in [5.74, 6) is 2.28. The normalized spacial score (nSPS) is 11.4. The number of carbonyl (C=O) groups is 1. The number of hydrogen-bond donors (Lipinski definition) is 1. The molecule has 31 heavy (non-hydrogen) atoms. The first-order valence-electron chi connectivity index (χ1n) is 10.4. The van der Waals surface area contributed by atoms with E-state index in [2.05, 4.69) is 49.2 Å². The molecule has 0 fully saturated rings. The van der Waals surface area contributed by atoms with Gasteiger partial charge < -0.3 is 14.6 Å². The Labute approximate surface area is 188 Å². The highest BCUT2D eigenvalue weighted by atomic mass is 32.2. The summed E-state index contributed by atoms with van der Waals surface area (Å²) < 4.78 is 5.68. The molecule has 0 saturated heterocycles. The van der Waals surface area contributed by atoms with Crippen LogP contribution < -0.4 is 10.2 Å². The predicted octanol–water partition coefficient (Wildman–Crippen LogP) is 5.05. The fourth-order valence-electron chi connectivity index (χ4n) is 2.96. The summed E-state index contributed by atoms with van der Waals surface area (Å²) in [6, 6.07) is 15.9. The van der Waals surface area contributed by atoms with Crippen LogP contribution in [0.2, 0.25) is 0 Å². The summed E-state index contributed by atoms with van der Waals surface area (Å²) in [4.78, 5) is 23.6. The lowest BCUT2D eigenvalue weighted by Gasteiger charge is -2.23. The van der Waals surface area contributed by atoms with Crippen LogP contribution in [0.1, 0.15) is 55.3 Å². The largest absolute Gasteiger partial charge is 0.455 e. The molecule has 0 aliphatic heterocycles. The average Bonchev–Trinajstić information content (AvgIpc) is 3.21. The first-order valence-corrected chi connectivity index (χ1v) is 11.4. The molecule has 1 N–H and O–H groups in total. The molecule has 3 aromatic rings. The van der Waals surface area contributed by atoms with Gasteiger partial charge in [0.05, 0.1) is 11.4 Å². The van der Waals surface area contributed by atoms with E-state index in [1.807, 2.05) is 38.2 Å². The number of nitrogens with one attached hydrogen (secondary N) is 1. The maximum Gasteiger partial charge on any atom is 0.286 e. The minimum absolute atomic E-state index is 0.101. The fourth-order valence-corrected chi connectivity index (χ4v) is 3.70. The van der Waals surface area contributed by atoms with Crippen molar-refractivity contribution >= 4 is 23.5 Å². The van der Waals surface area contributed by atoms with Gasteiger partial charge in [0.2, 0.25) is 0 Å². The van der Waals surface area contributed by atoms with Crippen molar-refractivity contribution in [2.24, 2.45) is 0 Å². The van der Waals surface area contributed by atoms with Gasteiger partial charge >= 0.3 is 0 Å². The van der Waals surface area contributed by atoms with Crippen molar-refractivity contribution in [3.05, 3.63) is 71.3 Å². The van der Waals surface area contributed by atoms with Crippen LogP contribution in [-0.4, -0.2) is 29.5 Å². The summed E-state index contributed by atoms with van der Waals surface area (Å²) in [5, 5.41) is 3.44. The number of benzene rings is 1. The van der Waals surface area contributed by atoms with Crippen molar-refractivity contribution in [2.75, 3.05) is 18.5 Å². The van der Waals surface area contributed by atoms with E-state index in [9.17, 15) is 4.79 Å². The zero-order valence-electron chi connectivity index (χ0n) is 18.8. The first kappa shape index (κ1) is 22.9. The molecule has 1 aromatic carbocycles. The molecule has 0 atom stereocenters. The van der Waals surface area contributed by atoms with Gasteiger partial charge in [-0.1, -0.05) is 62.9 Å². The van der Waals surface area contributed by atoms with Gasteiger partial charge in [0.15, 0.2) is 10.9 Å². The molecule has 7 heteroatoms. The van der Waals surface area contributed by atoms with Gasteiger partial charge in [0.25, 0.3) is 5.91 Å². The van der Waals surface area contributed by atoms with Gasteiger partial charge in [-0.2, -0.15) is 0 Å². The van der Waals surface area contributed by atoms with Crippen LogP contribution in [0.15, 0.2) is 58.1 Å². The van der Waals surface area contributed by atoms with Crippen molar-refractivity contribution in [2.45, 2.75) is 50.6 Å². The topological polar surface area (TPSA) is 71.3 Å². The van der Waals surface area contributed by atoms with Gasteiger partial charge in [0, 0.05) is 31.6 Å². The number of thioether (sulfide) groups is 1. The molecular formula is C24H30N4O2S. The van der Waals surface area contributed by atoms with E-state index >= 15 is 0 Å². The van der Waals surface area contributed by atoms with E-state index in [0.717, 1.165) is 23.8 Å². The molecular weight excluding hydrogens is 408 g/mol. The van der Waals surface area contributed by atoms with Gasteiger partial charge in [0.1, 0.15) is 11.6 Å². The molecule has 0 unspecified atom stereocenters. The SMILES string of the molecule is CCNC(=O)c1ccc(CSc2nc(N(C)Cc3ccccc3)cc(C(C)(C)C)n2)o1. The zero-order valence-corrected chi connectivity index (χ0v) is 19.6. The van der Waals surface area contributed by atoms with Crippen LogP contribution in [0.25, 0.3) is 0 Å². The van der Waals surface area contributed by atoms with Crippen LogP contribution in [0.3, 0.4) is 0 Å². The summed E-state index contributed by atoms with van der Waals surface area (Å²) in [5.41, 5.74) is 2.11. The summed E-state index contributed by atoms with van der Waals surface area (Å²) >= 11 is 1.51. The van der Waals surface area contributed by atoms with Crippen LogP contribution in [0.5, 0.6) is 0 Å². The minimum atomic E-state index is -0.199. The average molecular weight is 439 g/mol. The second-order valence-electron chi connectivity index (χ2n) is 8.40. The van der Waals surface area contributed by atoms with E-state index in [0.29, 0.717) is 23.2 Å². The summed E-state index contributed by atoms with van der Waals surface area (Å²) in [6.07, 6.45) is 0. The van der Waals surface area contributed by atoms with E-state index in [1.54, 1.807) is 6.07 Å². The number of furan rings is 1. The van der Waals surface area contributed by atoms with Gasteiger partial charge in [-0.15, -0.1) is 0 Å². The van der Waals surface area contributed by atoms with Crippen LogP contribution in [0, 0.1) is 0 Å². The lowest BCUT2D eigenvalue weighted by molar-refractivity contribution is 0.0927. The molecule has 0 bridgehead atoms. The third-order valence-electron chi connectivity index (χ3n) is 4.68. The number of nitrogens with zero attached hydrogens (tertiary/aromatic N) is 3. The van der Waals surface area contributed by atoms with Crippen molar-refractivity contribution in [1.82, 2.24) is 15.3 Å². The predicted molar refractivity (Wildman–Crippen MR) is 126 cm³/mol. The Morgan fingerprint density at radius 2 is 1.87 bits per heavy atom. The maximum atomic E-state index is 11.9. The highest BCUT2D eigenvalue weighted by molar-refractivity contribution is 7.98. The maximum absolute atomic E-state index is 11.9. The van der Waals surface area contributed by atoms with E-state index in [4.69, 9.17) is 14.4 Å². The minimum Gasteiger partial charge on any atom is -0.455 e. The molecule has 0 aliphatic carbocycles. The Kier molecular flexibility index (Phi) is 7.38. The number of carbonyl (C=O) groups excluding carboxylic acids is 1. The molecule has 6 nitrogen and oxygen atoms in total. The smallest absolute Gasteiger partial charge is 0.286 e. The Balaban J connectivity index is 1.78.